The highest BCUT2D eigenvalue weighted by molar-refractivity contribution is 6.26. The van der Waals surface area contributed by atoms with Crippen molar-refractivity contribution in [3.8, 4) is 6.07 Å². The highest BCUT2D eigenvalue weighted by Gasteiger charge is 2.62. The molecule has 5 heteroatoms. The molecule has 1 aliphatic carbocycles. The van der Waals surface area contributed by atoms with E-state index in [4.69, 9.17) is 10.00 Å². The summed E-state index contributed by atoms with van der Waals surface area (Å²) in [4.78, 5) is 17.5. The van der Waals surface area contributed by atoms with Gasteiger partial charge in [-0.15, -0.1) is 0 Å². The predicted octanol–water partition coefficient (Wildman–Crippen LogP) is 3.92. The SMILES string of the molecule is Cc1cc(C)c(C2=C(O)[C@@H]3[C@@H]4O[C@@H](C[C@H]4c4ccc(C#N)nc4)[C@@H]3C2=O)c(C)c1. The Hall–Kier alpha value is -2.97. The molecule has 5 nitrogen and oxygen atoms in total. The summed E-state index contributed by atoms with van der Waals surface area (Å²) in [6.07, 6.45) is 2.02. The molecule has 0 unspecified atom stereocenters. The van der Waals surface area contributed by atoms with Crippen molar-refractivity contribution >= 4 is 11.4 Å². The smallest absolute Gasteiger partial charge is 0.173 e. The van der Waals surface area contributed by atoms with E-state index in [2.05, 4.69) is 17.1 Å². The normalized spacial score (nSPS) is 30.0. The fraction of sp³-hybridized carbons (Fsp3) is 0.375. The zero-order chi connectivity index (χ0) is 20.4. The summed E-state index contributed by atoms with van der Waals surface area (Å²) in [6.45, 7) is 6.02. The summed E-state index contributed by atoms with van der Waals surface area (Å²) in [5.41, 5.74) is 5.88. The van der Waals surface area contributed by atoms with Gasteiger partial charge in [0.2, 0.25) is 0 Å². The summed E-state index contributed by atoms with van der Waals surface area (Å²) in [5, 5.41) is 20.2. The standard InChI is InChI=1S/C24H22N2O3/c1-11-6-12(2)18(13(3)7-11)20-22(27)19-17-8-16(24(29-17)21(19)23(20)28)14-4-5-15(9-25)26-10-14/h4-7,10,16-17,19,21,24,28H,8H2,1-3H3/t16-,17-,19-,21+,24+/m0/s1. The van der Waals surface area contributed by atoms with Crippen LogP contribution >= 0.6 is 0 Å². The van der Waals surface area contributed by atoms with Crippen LogP contribution in [-0.4, -0.2) is 28.1 Å². The number of Topliss-reactive ketones (excluding diaryl/α,β-unsaturated/α-hetero) is 1. The van der Waals surface area contributed by atoms with E-state index in [0.717, 1.165) is 34.2 Å². The van der Waals surface area contributed by atoms with Gasteiger partial charge in [-0.05, 0) is 55.5 Å². The van der Waals surface area contributed by atoms with Gasteiger partial charge in [-0.3, -0.25) is 4.79 Å². The average Bonchev–Trinajstić information content (AvgIpc) is 3.34. The lowest BCUT2D eigenvalue weighted by Gasteiger charge is -2.27. The third-order valence-corrected chi connectivity index (χ3v) is 6.73. The molecule has 5 atom stereocenters. The maximum absolute atomic E-state index is 13.4. The number of benzene rings is 1. The van der Waals surface area contributed by atoms with Crippen molar-refractivity contribution < 1.29 is 14.6 Å². The number of nitrogens with zero attached hydrogens (tertiary/aromatic N) is 2. The number of rotatable bonds is 2. The van der Waals surface area contributed by atoms with Crippen LogP contribution in [-0.2, 0) is 9.53 Å². The molecule has 3 heterocycles. The number of aliphatic hydroxyl groups excluding tert-OH is 1. The third kappa shape index (κ3) is 2.49. The van der Waals surface area contributed by atoms with Crippen molar-refractivity contribution in [3.05, 3.63) is 69.7 Å². The first-order valence-electron chi connectivity index (χ1n) is 9.97. The fourth-order valence-corrected chi connectivity index (χ4v) is 5.70. The molecule has 0 radical (unpaired) electrons. The minimum atomic E-state index is -0.308. The van der Waals surface area contributed by atoms with E-state index in [-0.39, 0.29) is 41.5 Å². The third-order valence-electron chi connectivity index (χ3n) is 6.73. The first-order chi connectivity index (χ1) is 13.9. The largest absolute Gasteiger partial charge is 0.511 e. The molecule has 2 aliphatic heterocycles. The van der Waals surface area contributed by atoms with Gasteiger partial charge in [-0.1, -0.05) is 23.8 Å². The Kier molecular flexibility index (Phi) is 3.91. The number of ketones is 1. The van der Waals surface area contributed by atoms with E-state index in [1.807, 2.05) is 32.9 Å². The van der Waals surface area contributed by atoms with Gasteiger partial charge in [0.15, 0.2) is 5.78 Å². The van der Waals surface area contributed by atoms with Crippen molar-refractivity contribution in [1.82, 2.24) is 4.98 Å². The number of hydrogen-bond donors (Lipinski definition) is 1. The van der Waals surface area contributed by atoms with Gasteiger partial charge in [-0.2, -0.15) is 5.26 Å². The molecular weight excluding hydrogens is 364 g/mol. The first kappa shape index (κ1) is 18.1. The van der Waals surface area contributed by atoms with Crippen LogP contribution < -0.4 is 0 Å². The summed E-state index contributed by atoms with van der Waals surface area (Å²) in [6, 6.07) is 9.76. The van der Waals surface area contributed by atoms with Gasteiger partial charge >= 0.3 is 0 Å². The van der Waals surface area contributed by atoms with E-state index in [0.29, 0.717) is 11.3 Å². The number of carbonyl (C=O) groups is 1. The Morgan fingerprint density at radius 2 is 1.90 bits per heavy atom. The van der Waals surface area contributed by atoms with Gasteiger partial charge in [0, 0.05) is 12.1 Å². The zero-order valence-electron chi connectivity index (χ0n) is 16.6. The second-order valence-electron chi connectivity index (χ2n) is 8.52. The number of pyridine rings is 1. The van der Waals surface area contributed by atoms with E-state index in [9.17, 15) is 9.90 Å². The highest BCUT2D eigenvalue weighted by Crippen LogP contribution is 2.58. The molecule has 3 aliphatic rings. The lowest BCUT2D eigenvalue weighted by atomic mass is 9.72. The van der Waals surface area contributed by atoms with Crippen LogP contribution in [0.4, 0.5) is 0 Å². The Balaban J connectivity index is 1.55. The molecule has 5 rings (SSSR count). The van der Waals surface area contributed by atoms with Gasteiger partial charge < -0.3 is 9.84 Å². The lowest BCUT2D eigenvalue weighted by molar-refractivity contribution is -0.118. The molecule has 0 amide bonds. The molecule has 29 heavy (non-hydrogen) atoms. The van der Waals surface area contributed by atoms with Crippen LogP contribution in [0, 0.1) is 43.9 Å². The monoisotopic (exact) mass is 386 g/mol. The Morgan fingerprint density at radius 1 is 1.17 bits per heavy atom. The number of aryl methyl sites for hydroxylation is 3. The van der Waals surface area contributed by atoms with Crippen LogP contribution in [0.15, 0.2) is 36.2 Å². The topological polar surface area (TPSA) is 83.2 Å². The number of hydrogen-bond acceptors (Lipinski definition) is 5. The number of ether oxygens (including phenoxy) is 1. The maximum atomic E-state index is 13.4. The Bertz CT molecular complexity index is 1090. The van der Waals surface area contributed by atoms with Crippen molar-refractivity contribution in [2.45, 2.75) is 45.3 Å². The molecule has 0 saturated carbocycles. The quantitative estimate of drug-likeness (QED) is 0.846. The summed E-state index contributed by atoms with van der Waals surface area (Å²) < 4.78 is 6.16. The van der Waals surface area contributed by atoms with Crippen LogP contribution in [0.1, 0.15) is 45.8 Å². The molecule has 2 saturated heterocycles. The first-order valence-corrected chi connectivity index (χ1v) is 9.97. The molecule has 1 aromatic heterocycles. The molecule has 2 bridgehead atoms. The van der Waals surface area contributed by atoms with E-state index in [1.165, 1.54) is 0 Å². The molecule has 2 fully saturated rings. The van der Waals surface area contributed by atoms with Gasteiger partial charge in [0.1, 0.15) is 17.5 Å². The summed E-state index contributed by atoms with van der Waals surface area (Å²) in [5.74, 6) is -0.369. The van der Waals surface area contributed by atoms with Crippen molar-refractivity contribution in [1.29, 1.82) is 5.26 Å². The number of aliphatic hydroxyl groups is 1. The molecule has 1 N–H and O–H groups in total. The number of fused-ring (bicyclic) bond motifs is 5. The van der Waals surface area contributed by atoms with Crippen LogP contribution in [0.5, 0.6) is 0 Å². The zero-order valence-corrected chi connectivity index (χ0v) is 16.6. The van der Waals surface area contributed by atoms with Crippen LogP contribution in [0.25, 0.3) is 5.57 Å². The molecule has 146 valence electrons. The van der Waals surface area contributed by atoms with Gasteiger partial charge in [0.05, 0.1) is 29.6 Å². The Morgan fingerprint density at radius 3 is 2.52 bits per heavy atom. The summed E-state index contributed by atoms with van der Waals surface area (Å²) >= 11 is 0. The summed E-state index contributed by atoms with van der Waals surface area (Å²) in [7, 11) is 0. The minimum absolute atomic E-state index is 0.00598. The van der Waals surface area contributed by atoms with Gasteiger partial charge in [-0.25, -0.2) is 4.98 Å². The van der Waals surface area contributed by atoms with E-state index in [1.54, 1.807) is 12.3 Å². The second kappa shape index (κ2) is 6.27. The maximum Gasteiger partial charge on any atom is 0.173 e. The molecule has 2 aromatic rings. The number of carbonyl (C=O) groups excluding carboxylic acids is 1. The number of aromatic nitrogens is 1. The second-order valence-corrected chi connectivity index (χ2v) is 8.52. The number of nitriles is 1. The lowest BCUT2D eigenvalue weighted by Crippen LogP contribution is -2.33. The van der Waals surface area contributed by atoms with Crippen LogP contribution in [0.3, 0.4) is 0 Å². The molecule has 1 aromatic carbocycles. The average molecular weight is 386 g/mol. The van der Waals surface area contributed by atoms with Crippen LogP contribution in [0.2, 0.25) is 0 Å². The van der Waals surface area contributed by atoms with Crippen molar-refractivity contribution in [2.24, 2.45) is 11.8 Å². The predicted molar refractivity (Wildman–Crippen MR) is 107 cm³/mol. The van der Waals surface area contributed by atoms with Gasteiger partial charge in [0.25, 0.3) is 0 Å². The number of allylic oxidation sites excluding steroid dienone is 1. The fourth-order valence-electron chi connectivity index (χ4n) is 5.70. The molecule has 0 spiro atoms. The minimum Gasteiger partial charge on any atom is -0.511 e. The Labute approximate surface area is 169 Å². The highest BCUT2D eigenvalue weighted by atomic mass is 16.5. The van der Waals surface area contributed by atoms with E-state index >= 15 is 0 Å². The van der Waals surface area contributed by atoms with Crippen molar-refractivity contribution in [2.75, 3.05) is 0 Å². The van der Waals surface area contributed by atoms with Crippen molar-refractivity contribution in [3.63, 3.8) is 0 Å². The van der Waals surface area contributed by atoms with E-state index < -0.39 is 0 Å². The molecular formula is C24H22N2O3.